The van der Waals surface area contributed by atoms with Gasteiger partial charge in [-0.1, -0.05) is 234 Å². The molecule has 0 saturated heterocycles. The number of aliphatic hydroxyl groups excluding tert-OH is 1. The van der Waals surface area contributed by atoms with E-state index in [1.165, 1.54) is 48.5 Å². The molecule has 4 aromatic heterocycles. The van der Waals surface area contributed by atoms with E-state index in [1.54, 1.807) is 127 Å². The Morgan fingerprint density at radius 3 is 0.847 bits per heavy atom. The van der Waals surface area contributed by atoms with Crippen LogP contribution in [0.15, 0.2) is 358 Å². The number of carbonyl (C=O) groups is 2. The number of nitrogens with one attached hydrogen (secondary N) is 1. The molecule has 0 spiro atoms. The second kappa shape index (κ2) is 45.7. The third-order valence-corrected chi connectivity index (χ3v) is 23.7. The van der Waals surface area contributed by atoms with Gasteiger partial charge in [-0.2, -0.15) is 61.1 Å². The standard InChI is InChI=1S/C28H25BrF3N3O.C25H19BrF3NO3S.C24H18BrF3N2.C24H17BrF3NO.C4H9NO2/c1-34(2)18-27(36)33-17-19-6-5-7-21(16-19)25-15-14-24(20-10-12-22(29)13-11-20)35(25)26-9-4-3-8-23(26)28(30,31)32;1-34(31,32)33-16-17-5-4-6-19(15-17)23-14-13-22(18-9-11-20(26)12-10-18)30(23)24-8-3-2-7-21(24)25(27,28)29;25-19-10-8-17(9-11-19)21-12-13-22(18-5-3-4-16(14-18)15-29)30(21)23-7-2-1-6-20(23)24(26,27)28;25-19-10-8-17(9-11-19)21-12-13-22(18-5-3-4-16(14-18)15-30)29(21)23-7-2-1-6-20(23)24(26,27)28;1-5(2)3-4(6)7/h3-16H,17-18H2,1-2H3,(H,33,36);2-15H,16H2,1H3;1-14H,15,29H2;1-14,30H,15H2;3H2,1-2H3,(H,6,7). The van der Waals surface area contributed by atoms with Crippen molar-refractivity contribution in [3.05, 3.63) is 402 Å². The molecule has 16 rings (SSSR count). The van der Waals surface area contributed by atoms with Crippen molar-refractivity contribution in [2.45, 2.75) is 51.0 Å². The summed E-state index contributed by atoms with van der Waals surface area (Å²) >= 11 is 13.6. The van der Waals surface area contributed by atoms with Crippen molar-refractivity contribution in [2.24, 2.45) is 5.73 Å². The smallest absolute Gasteiger partial charge is 0.418 e. The maximum Gasteiger partial charge on any atom is 0.418 e. The Hall–Kier alpha value is -12.5. The summed E-state index contributed by atoms with van der Waals surface area (Å²) in [6.07, 6.45) is -17.1. The fraction of sp³-hybridized carbons (Fsp3) is 0.143. The number of hydrogen-bond acceptors (Lipinski definition) is 9. The Kier molecular flexibility index (Phi) is 34.5. The number of aliphatic carboxylic acids is 1. The number of rotatable bonds is 23. The number of amides is 1. The summed E-state index contributed by atoms with van der Waals surface area (Å²) < 4.78 is 205. The maximum atomic E-state index is 14.0. The van der Waals surface area contributed by atoms with Crippen LogP contribution in [0.1, 0.15) is 44.5 Å². The van der Waals surface area contributed by atoms with Crippen LogP contribution in [0.5, 0.6) is 0 Å². The molecule has 5 N–H and O–H groups in total. The van der Waals surface area contributed by atoms with Gasteiger partial charge < -0.3 is 44.4 Å². The fourth-order valence-corrected chi connectivity index (χ4v) is 16.4. The minimum absolute atomic E-state index is 0.00860. The highest BCUT2D eigenvalue weighted by Gasteiger charge is 2.39. The van der Waals surface area contributed by atoms with Gasteiger partial charge in [-0.3, -0.25) is 18.7 Å². The molecule has 0 aliphatic rings. The summed E-state index contributed by atoms with van der Waals surface area (Å²) in [6, 6.07) is 95.5. The van der Waals surface area contributed by atoms with Crippen LogP contribution in [0.2, 0.25) is 0 Å². The fourth-order valence-electron chi connectivity index (χ4n) is 15.0. The second-order valence-corrected chi connectivity index (χ2v) is 36.9. The normalized spacial score (nSPS) is 11.7. The molecule has 0 unspecified atom stereocenters. The SMILES string of the molecule is CN(C)CC(=O)NCc1cccc(-c2ccc(-c3ccc(Br)cc3)n2-c2ccccc2C(F)(F)F)c1.CN(C)CC(=O)O.CS(=O)(=O)OCc1cccc(-c2ccc(-c3ccc(Br)cc3)n2-c2ccccc2C(F)(F)F)c1.NCc1cccc(-c2ccc(-c3ccc(Br)cc3)n2-c2ccccc2C(F)(F)F)c1.OCc1cccc(-c2ccc(-c3ccc(Br)cc3)n2-c2ccccc2C(F)(F)F)c1. The molecule has 16 aromatic rings. The molecule has 15 nitrogen and oxygen atoms in total. The number of nitrogens with two attached hydrogens (primary N) is 1. The van der Waals surface area contributed by atoms with E-state index in [-0.39, 0.29) is 55.0 Å². The molecular formula is C105H88Br4F12N8O7S. The summed E-state index contributed by atoms with van der Waals surface area (Å²) in [5, 5.41) is 20.4. The van der Waals surface area contributed by atoms with Crippen LogP contribution in [0.4, 0.5) is 52.7 Å². The zero-order valence-corrected chi connectivity index (χ0v) is 80.9. The van der Waals surface area contributed by atoms with Crippen LogP contribution in [-0.4, -0.2) is 106 Å². The zero-order valence-electron chi connectivity index (χ0n) is 73.7. The first-order chi connectivity index (χ1) is 65.0. The molecule has 12 aromatic carbocycles. The summed E-state index contributed by atoms with van der Waals surface area (Å²) in [5.74, 6) is -0.893. The third kappa shape index (κ3) is 27.3. The number of likely N-dealkylation sites (N-methyl/N-ethyl adjacent to an activating group) is 2. The highest BCUT2D eigenvalue weighted by molar-refractivity contribution is 9.11. The number of halogens is 16. The van der Waals surface area contributed by atoms with Crippen molar-refractivity contribution >= 4 is 85.7 Å². The first kappa shape index (κ1) is 103. The van der Waals surface area contributed by atoms with E-state index in [9.17, 15) is 75.8 Å². The number of carbonyl (C=O) groups excluding carboxylic acids is 1. The Bertz CT molecular complexity index is 6790. The van der Waals surface area contributed by atoms with Gasteiger partial charge >= 0.3 is 30.7 Å². The van der Waals surface area contributed by atoms with Gasteiger partial charge in [0.05, 0.1) is 123 Å². The number of benzene rings is 12. The minimum atomic E-state index is -4.56. The Balaban J connectivity index is 0.000000160. The van der Waals surface area contributed by atoms with Crippen molar-refractivity contribution in [2.75, 3.05) is 47.5 Å². The number of alkyl halides is 12. The number of hydrogen-bond donors (Lipinski definition) is 4. The number of carboxylic acids is 1. The average Bonchev–Trinajstić information content (AvgIpc) is 1.65. The van der Waals surface area contributed by atoms with Gasteiger partial charge in [0.15, 0.2) is 0 Å². The van der Waals surface area contributed by atoms with E-state index in [2.05, 4.69) is 69.0 Å². The quantitative estimate of drug-likeness (QED) is 0.0355. The molecule has 0 bridgehead atoms. The van der Waals surface area contributed by atoms with E-state index < -0.39 is 63.0 Å². The molecule has 0 aliphatic carbocycles. The summed E-state index contributed by atoms with van der Waals surface area (Å²) in [4.78, 5) is 25.2. The van der Waals surface area contributed by atoms with Crippen molar-refractivity contribution in [1.29, 1.82) is 0 Å². The van der Waals surface area contributed by atoms with Crippen molar-refractivity contribution in [1.82, 2.24) is 33.4 Å². The first-order valence-electron chi connectivity index (χ1n) is 41.9. The van der Waals surface area contributed by atoms with Gasteiger partial charge in [-0.25, -0.2) is 0 Å². The molecule has 0 radical (unpaired) electrons. The van der Waals surface area contributed by atoms with E-state index >= 15 is 0 Å². The summed E-state index contributed by atoms with van der Waals surface area (Å²) in [6.45, 7) is 0.736. The van der Waals surface area contributed by atoms with E-state index in [1.807, 2.05) is 196 Å². The first-order valence-corrected chi connectivity index (χ1v) is 46.9. The van der Waals surface area contributed by atoms with Crippen molar-refractivity contribution < 1.29 is 85.1 Å². The van der Waals surface area contributed by atoms with Crippen LogP contribution in [0.25, 0.3) is 113 Å². The molecule has 0 atom stereocenters. The number of aliphatic hydroxyl groups is 1. The Labute approximate surface area is 817 Å². The molecular weight excluding hydrogens is 2060 g/mol. The monoisotopic (exact) mass is 2150 g/mol. The van der Waals surface area contributed by atoms with Crippen LogP contribution in [0.3, 0.4) is 0 Å². The lowest BCUT2D eigenvalue weighted by atomic mass is 10.1. The van der Waals surface area contributed by atoms with Gasteiger partial charge in [0, 0.05) is 31.0 Å². The molecule has 0 aliphatic heterocycles. The van der Waals surface area contributed by atoms with Gasteiger partial charge in [0.1, 0.15) is 0 Å². The Morgan fingerprint density at radius 2 is 0.591 bits per heavy atom. The van der Waals surface area contributed by atoms with Crippen LogP contribution in [-0.2, 0) is 74.9 Å². The minimum Gasteiger partial charge on any atom is -0.480 e. The summed E-state index contributed by atoms with van der Waals surface area (Å²) in [7, 11) is 3.42. The number of para-hydroxylation sites is 4. The Morgan fingerprint density at radius 1 is 0.343 bits per heavy atom. The van der Waals surface area contributed by atoms with Gasteiger partial charge in [-0.15, -0.1) is 0 Å². The molecule has 708 valence electrons. The highest BCUT2D eigenvalue weighted by atomic mass is 79.9. The highest BCUT2D eigenvalue weighted by Crippen LogP contribution is 2.46. The molecule has 137 heavy (non-hydrogen) atoms. The lowest BCUT2D eigenvalue weighted by Gasteiger charge is -2.19. The molecule has 0 saturated carbocycles. The largest absolute Gasteiger partial charge is 0.480 e. The van der Waals surface area contributed by atoms with Crippen LogP contribution in [0, 0.1) is 0 Å². The average molecular weight is 2150 g/mol. The van der Waals surface area contributed by atoms with Crippen LogP contribution >= 0.6 is 63.7 Å². The van der Waals surface area contributed by atoms with Crippen molar-refractivity contribution in [3.63, 3.8) is 0 Å². The third-order valence-electron chi connectivity index (χ3n) is 21.0. The molecule has 0 fully saturated rings. The predicted octanol–water partition coefficient (Wildman–Crippen LogP) is 27.6. The lowest BCUT2D eigenvalue weighted by Crippen LogP contribution is -2.32. The number of nitrogens with zero attached hydrogens (tertiary/aromatic N) is 6. The topological polar surface area (TPSA) is 182 Å². The lowest BCUT2D eigenvalue weighted by molar-refractivity contribution is -0.138. The number of carboxylic acid groups (broad SMARTS) is 1. The van der Waals surface area contributed by atoms with Gasteiger partial charge in [0.2, 0.25) is 5.91 Å². The second-order valence-electron chi connectivity index (χ2n) is 31.6. The maximum absolute atomic E-state index is 14.0. The molecule has 4 heterocycles. The zero-order chi connectivity index (χ0) is 98.8. The van der Waals surface area contributed by atoms with Crippen molar-refractivity contribution in [3.8, 4) is 113 Å². The van der Waals surface area contributed by atoms with E-state index in [0.717, 1.165) is 98.5 Å². The number of aromatic nitrogens is 4. The van der Waals surface area contributed by atoms with Gasteiger partial charge in [-0.05, 0) is 265 Å². The van der Waals surface area contributed by atoms with Crippen LogP contribution < -0.4 is 11.1 Å². The molecule has 32 heteroatoms. The van der Waals surface area contributed by atoms with E-state index in [4.69, 9.17) is 15.0 Å². The van der Waals surface area contributed by atoms with Gasteiger partial charge in [0.25, 0.3) is 10.1 Å². The predicted molar refractivity (Wildman–Crippen MR) is 527 cm³/mol. The van der Waals surface area contributed by atoms with E-state index in [0.29, 0.717) is 75.3 Å². The molecule has 1 amide bonds. The summed E-state index contributed by atoms with van der Waals surface area (Å²) in [5.41, 5.74) is 17.1.